The second-order valence-electron chi connectivity index (χ2n) is 6.89. The van der Waals surface area contributed by atoms with Gasteiger partial charge >= 0.3 is 0 Å². The van der Waals surface area contributed by atoms with Gasteiger partial charge in [-0.05, 0) is 48.5 Å². The van der Waals surface area contributed by atoms with E-state index in [4.69, 9.17) is 0 Å². The van der Waals surface area contributed by atoms with Gasteiger partial charge in [0.15, 0.2) is 17.2 Å². The van der Waals surface area contributed by atoms with E-state index in [0.29, 0.717) is 22.3 Å². The van der Waals surface area contributed by atoms with Crippen LogP contribution >= 0.6 is 0 Å². The van der Waals surface area contributed by atoms with Crippen LogP contribution < -0.4 is 10.9 Å². The van der Waals surface area contributed by atoms with E-state index in [9.17, 15) is 30.0 Å². The summed E-state index contributed by atoms with van der Waals surface area (Å²) in [5.41, 5.74) is 1.47. The van der Waals surface area contributed by atoms with Gasteiger partial charge in [0.1, 0.15) is 11.5 Å². The van der Waals surface area contributed by atoms with Crippen molar-refractivity contribution in [1.29, 1.82) is 0 Å². The molecule has 0 saturated heterocycles. The molecule has 0 aliphatic rings. The molecule has 0 radical (unpaired) electrons. The van der Waals surface area contributed by atoms with Crippen LogP contribution in [-0.2, 0) is 0 Å². The second-order valence-corrected chi connectivity index (χ2v) is 6.89. The number of hydrogen-bond donors (Lipinski definition) is 6. The molecular weight excluding hydrogens is 414 g/mol. The Bertz CT molecular complexity index is 1400. The number of aromatic hydroxyl groups is 3. The summed E-state index contributed by atoms with van der Waals surface area (Å²) in [6, 6.07) is 15.2. The molecule has 6 N–H and O–H groups in total. The first kappa shape index (κ1) is 20.5. The van der Waals surface area contributed by atoms with Crippen molar-refractivity contribution in [2.24, 2.45) is 0 Å². The number of H-pyrrole nitrogens is 1. The van der Waals surface area contributed by atoms with Crippen molar-refractivity contribution in [1.82, 2.24) is 9.97 Å². The van der Waals surface area contributed by atoms with Crippen LogP contribution in [0.25, 0.3) is 22.9 Å². The molecule has 0 spiro atoms. The van der Waals surface area contributed by atoms with E-state index in [0.717, 1.165) is 12.1 Å². The third-order valence-corrected chi connectivity index (χ3v) is 4.67. The minimum absolute atomic E-state index is 0.0468. The lowest BCUT2D eigenvalue weighted by Crippen LogP contribution is -2.12. The van der Waals surface area contributed by atoms with E-state index in [-0.39, 0.29) is 17.0 Å². The summed E-state index contributed by atoms with van der Waals surface area (Å²) in [6.07, 6.45) is 1.25. The van der Waals surface area contributed by atoms with E-state index in [1.165, 1.54) is 30.3 Å². The number of fused-ring (bicyclic) bond motifs is 1. The van der Waals surface area contributed by atoms with Gasteiger partial charge in [-0.2, -0.15) is 0 Å². The lowest BCUT2D eigenvalue weighted by Gasteiger charge is -2.08. The number of carbonyl (C=O) groups is 1. The maximum absolute atomic E-state index is 12.3. The van der Waals surface area contributed by atoms with Gasteiger partial charge in [-0.25, -0.2) is 4.98 Å². The number of aromatic nitrogens is 2. The zero-order valence-electron chi connectivity index (χ0n) is 16.4. The van der Waals surface area contributed by atoms with Crippen LogP contribution in [0, 0.1) is 0 Å². The number of phenols is 3. The van der Waals surface area contributed by atoms with Crippen LogP contribution in [0.3, 0.4) is 0 Å². The fourth-order valence-corrected chi connectivity index (χ4v) is 3.02. The number of rotatable bonds is 4. The number of anilines is 1. The van der Waals surface area contributed by atoms with Crippen LogP contribution in [0.15, 0.2) is 65.5 Å². The molecule has 32 heavy (non-hydrogen) atoms. The minimum atomic E-state index is -0.715. The summed E-state index contributed by atoms with van der Waals surface area (Å²) in [4.78, 5) is 31.5. The molecular formula is C23H17N3O6. The Labute approximate surface area is 180 Å². The predicted molar refractivity (Wildman–Crippen MR) is 119 cm³/mol. The van der Waals surface area contributed by atoms with Gasteiger partial charge in [0.25, 0.3) is 11.5 Å². The first-order valence-corrected chi connectivity index (χ1v) is 9.38. The molecule has 4 rings (SSSR count). The van der Waals surface area contributed by atoms with E-state index in [1.54, 1.807) is 24.3 Å². The fraction of sp³-hybridized carbons (Fsp3) is 0. The van der Waals surface area contributed by atoms with Crippen LogP contribution in [-0.4, -0.2) is 36.3 Å². The highest BCUT2D eigenvalue weighted by atomic mass is 16.3. The van der Waals surface area contributed by atoms with Crippen LogP contribution in [0.1, 0.15) is 21.6 Å². The number of aromatic amines is 1. The number of nitrogens with one attached hydrogen (secondary N) is 2. The fourth-order valence-electron chi connectivity index (χ4n) is 3.02. The molecule has 0 fully saturated rings. The van der Waals surface area contributed by atoms with Crippen molar-refractivity contribution < 1.29 is 25.2 Å². The number of hydrogen-bond acceptors (Lipinski definition) is 7. The minimum Gasteiger partial charge on any atom is -0.507 e. The molecule has 0 bridgehead atoms. The summed E-state index contributed by atoms with van der Waals surface area (Å²) in [6.45, 7) is 0. The highest BCUT2D eigenvalue weighted by molar-refractivity contribution is 6.05. The van der Waals surface area contributed by atoms with E-state index >= 15 is 0 Å². The van der Waals surface area contributed by atoms with Gasteiger partial charge < -0.3 is 30.7 Å². The lowest BCUT2D eigenvalue weighted by molar-refractivity contribution is 0.102. The number of amides is 1. The van der Waals surface area contributed by atoms with Gasteiger partial charge in [-0.3, -0.25) is 9.59 Å². The molecule has 0 saturated carbocycles. The van der Waals surface area contributed by atoms with Gasteiger partial charge in [0, 0.05) is 22.9 Å². The second kappa shape index (κ2) is 8.15. The van der Waals surface area contributed by atoms with Crippen molar-refractivity contribution >= 4 is 34.5 Å². The van der Waals surface area contributed by atoms with Crippen LogP contribution in [0.5, 0.6) is 17.2 Å². The quantitative estimate of drug-likeness (QED) is 0.214. The van der Waals surface area contributed by atoms with Crippen LogP contribution in [0.4, 0.5) is 5.69 Å². The number of phenolic OH excluding ortho intramolecular Hbond substituents is 3. The van der Waals surface area contributed by atoms with Crippen molar-refractivity contribution in [3.63, 3.8) is 0 Å². The maximum atomic E-state index is 12.3. The molecule has 1 amide bonds. The number of carbonyl (C=O) groups excluding carboxylic acids is 1. The smallest absolute Gasteiger partial charge is 0.274 e. The monoisotopic (exact) mass is 431 g/mol. The van der Waals surface area contributed by atoms with E-state index < -0.39 is 28.7 Å². The first-order valence-electron chi connectivity index (χ1n) is 9.38. The average Bonchev–Trinajstić information content (AvgIpc) is 2.78. The zero-order valence-corrected chi connectivity index (χ0v) is 16.4. The van der Waals surface area contributed by atoms with Crippen LogP contribution in [0.2, 0.25) is 0 Å². The van der Waals surface area contributed by atoms with Gasteiger partial charge in [-0.1, -0.05) is 12.1 Å². The van der Waals surface area contributed by atoms with Crippen molar-refractivity contribution in [2.75, 3.05) is 5.32 Å². The molecule has 0 atom stereocenters. The molecule has 1 aromatic heterocycles. The van der Waals surface area contributed by atoms with E-state index in [1.807, 2.05) is 0 Å². The van der Waals surface area contributed by atoms with Crippen molar-refractivity contribution in [3.8, 4) is 17.2 Å². The topological polar surface area (TPSA) is 156 Å². The molecule has 1 heterocycles. The van der Waals surface area contributed by atoms with E-state index in [2.05, 4.69) is 15.3 Å². The Balaban J connectivity index is 1.54. The number of aliphatic hydroxyl groups excluding tert-OH is 1. The first-order chi connectivity index (χ1) is 15.3. The lowest BCUT2D eigenvalue weighted by atomic mass is 10.1. The standard InChI is InChI=1S/C23H17N3O6/c27-18(11-17-23(32)26-16-4-2-1-3-15(16)25-17)12-5-7-14(8-6-12)24-22(31)13-9-19(28)21(30)20(29)10-13/h1-11,27-30H,(H,24,31)(H,26,32)/b18-11-. The average molecular weight is 431 g/mol. The summed E-state index contributed by atoms with van der Waals surface area (Å²) in [7, 11) is 0. The maximum Gasteiger partial charge on any atom is 0.274 e. The summed E-state index contributed by atoms with van der Waals surface area (Å²) in [5, 5.41) is 41.4. The highest BCUT2D eigenvalue weighted by Gasteiger charge is 2.14. The van der Waals surface area contributed by atoms with Gasteiger partial charge in [0.2, 0.25) is 0 Å². The Morgan fingerprint density at radius 3 is 2.28 bits per heavy atom. The third kappa shape index (κ3) is 4.08. The Hall–Kier alpha value is -4.79. The van der Waals surface area contributed by atoms with Crippen molar-refractivity contribution in [2.45, 2.75) is 0 Å². The highest BCUT2D eigenvalue weighted by Crippen LogP contribution is 2.35. The van der Waals surface area contributed by atoms with Gasteiger partial charge in [0.05, 0.1) is 11.0 Å². The number of para-hydroxylation sites is 2. The number of nitrogens with zero attached hydrogens (tertiary/aromatic N) is 1. The largest absolute Gasteiger partial charge is 0.507 e. The Morgan fingerprint density at radius 1 is 0.938 bits per heavy atom. The van der Waals surface area contributed by atoms with Crippen molar-refractivity contribution in [3.05, 3.63) is 87.8 Å². The van der Waals surface area contributed by atoms with Gasteiger partial charge in [-0.15, -0.1) is 0 Å². The molecule has 9 nitrogen and oxygen atoms in total. The molecule has 3 aromatic carbocycles. The Kier molecular flexibility index (Phi) is 5.22. The molecule has 0 aliphatic heterocycles. The number of aliphatic hydroxyl groups is 1. The normalized spacial score (nSPS) is 11.4. The SMILES string of the molecule is O=C(Nc1ccc(/C(O)=C/c2nc3ccccc3[nH]c2=O)cc1)c1cc(O)c(O)c(O)c1. The summed E-state index contributed by atoms with van der Waals surface area (Å²) in [5.74, 6) is -2.79. The summed E-state index contributed by atoms with van der Waals surface area (Å²) < 4.78 is 0. The third-order valence-electron chi connectivity index (χ3n) is 4.67. The predicted octanol–water partition coefficient (Wildman–Crippen LogP) is 3.35. The summed E-state index contributed by atoms with van der Waals surface area (Å²) >= 11 is 0. The zero-order chi connectivity index (χ0) is 22.8. The molecule has 160 valence electrons. The number of benzene rings is 3. The molecule has 4 aromatic rings. The molecule has 9 heteroatoms. The molecule has 0 unspecified atom stereocenters. The Morgan fingerprint density at radius 2 is 1.59 bits per heavy atom. The molecule has 0 aliphatic carbocycles.